The molecule has 0 radical (unpaired) electrons. The van der Waals surface area contributed by atoms with Crippen molar-refractivity contribution in [2.75, 3.05) is 0 Å². The molecule has 0 heterocycles. The van der Waals surface area contributed by atoms with Gasteiger partial charge in [-0.05, 0) is 49.4 Å². The molecular weight excluding hydrogens is 225 g/mol. The molecule has 0 N–H and O–H groups in total. The third-order valence-electron chi connectivity index (χ3n) is 2.73. The number of hydrogen-bond donors (Lipinski definition) is 0. The lowest BCUT2D eigenvalue weighted by molar-refractivity contribution is -0.137. The van der Waals surface area contributed by atoms with Crippen LogP contribution in [0.2, 0.25) is 0 Å². The maximum Gasteiger partial charge on any atom is 0.416 e. The molecule has 0 bridgehead atoms. The molecule has 0 amide bonds. The minimum absolute atomic E-state index is 0.343. The lowest BCUT2D eigenvalue weighted by atomic mass is 9.95. The predicted molar refractivity (Wildman–Crippen MR) is 63.9 cm³/mol. The molecule has 0 saturated heterocycles. The molecule has 1 aromatic carbocycles. The molecule has 1 rings (SSSR count). The number of hydrogen-bond acceptors (Lipinski definition) is 0. The van der Waals surface area contributed by atoms with Gasteiger partial charge in [0, 0.05) is 0 Å². The fraction of sp³-hybridized carbons (Fsp3) is 0.429. The van der Waals surface area contributed by atoms with E-state index in [1.165, 1.54) is 6.07 Å². The fourth-order valence-electron chi connectivity index (χ4n) is 1.84. The third-order valence-corrected chi connectivity index (χ3v) is 2.73. The van der Waals surface area contributed by atoms with Gasteiger partial charge in [0.1, 0.15) is 0 Å². The van der Waals surface area contributed by atoms with Crippen LogP contribution in [-0.4, -0.2) is 0 Å². The van der Waals surface area contributed by atoms with E-state index in [2.05, 4.69) is 13.0 Å². The average molecular weight is 242 g/mol. The highest BCUT2D eigenvalue weighted by atomic mass is 19.4. The zero-order chi connectivity index (χ0) is 13.1. The van der Waals surface area contributed by atoms with Crippen molar-refractivity contribution >= 4 is 0 Å². The van der Waals surface area contributed by atoms with Crippen LogP contribution in [0, 0.1) is 12.8 Å². The Labute approximate surface area is 100 Å². The fourth-order valence-corrected chi connectivity index (χ4v) is 1.84. The van der Waals surface area contributed by atoms with Crippen LogP contribution in [0.15, 0.2) is 30.4 Å². The molecule has 0 aliphatic heterocycles. The number of rotatable bonds is 3. The summed E-state index contributed by atoms with van der Waals surface area (Å²) in [4.78, 5) is 0. The first-order valence-electron chi connectivity index (χ1n) is 5.64. The number of benzene rings is 1. The van der Waals surface area contributed by atoms with Crippen molar-refractivity contribution in [3.63, 3.8) is 0 Å². The van der Waals surface area contributed by atoms with Crippen LogP contribution >= 0.6 is 0 Å². The van der Waals surface area contributed by atoms with Gasteiger partial charge in [0.2, 0.25) is 0 Å². The summed E-state index contributed by atoms with van der Waals surface area (Å²) in [5, 5.41) is 0. The molecule has 0 nitrogen and oxygen atoms in total. The number of aryl methyl sites for hydroxylation is 1. The average Bonchev–Trinajstić information content (AvgIpc) is 2.20. The van der Waals surface area contributed by atoms with Gasteiger partial charge in [-0.1, -0.05) is 25.1 Å². The van der Waals surface area contributed by atoms with Gasteiger partial charge in [-0.15, -0.1) is 0 Å². The second-order valence-electron chi connectivity index (χ2n) is 4.35. The van der Waals surface area contributed by atoms with Gasteiger partial charge in [0.05, 0.1) is 5.56 Å². The van der Waals surface area contributed by atoms with Gasteiger partial charge in [0.25, 0.3) is 0 Å². The van der Waals surface area contributed by atoms with Gasteiger partial charge < -0.3 is 0 Å². The van der Waals surface area contributed by atoms with Crippen LogP contribution in [0.25, 0.3) is 0 Å². The van der Waals surface area contributed by atoms with Gasteiger partial charge in [-0.25, -0.2) is 0 Å². The topological polar surface area (TPSA) is 0 Å². The largest absolute Gasteiger partial charge is 0.416 e. The lowest BCUT2D eigenvalue weighted by Crippen LogP contribution is -2.06. The zero-order valence-electron chi connectivity index (χ0n) is 10.3. The number of alkyl halides is 3. The molecule has 1 atom stereocenters. The number of allylic oxidation sites excluding steroid dienone is 2. The zero-order valence-corrected chi connectivity index (χ0v) is 10.3. The quantitative estimate of drug-likeness (QED) is 0.670. The molecule has 17 heavy (non-hydrogen) atoms. The highest BCUT2D eigenvalue weighted by molar-refractivity contribution is 5.33. The minimum Gasteiger partial charge on any atom is -0.166 e. The lowest BCUT2D eigenvalue weighted by Gasteiger charge is -2.13. The Bertz CT molecular complexity index is 402. The van der Waals surface area contributed by atoms with Gasteiger partial charge >= 0.3 is 6.18 Å². The first-order chi connectivity index (χ1) is 7.84. The summed E-state index contributed by atoms with van der Waals surface area (Å²) in [5.74, 6) is 0.343. The van der Waals surface area contributed by atoms with E-state index in [4.69, 9.17) is 0 Å². The predicted octanol–water partition coefficient (Wildman–Crippen LogP) is 4.77. The van der Waals surface area contributed by atoms with Gasteiger partial charge in [0.15, 0.2) is 0 Å². The van der Waals surface area contributed by atoms with E-state index in [0.29, 0.717) is 11.5 Å². The third kappa shape index (κ3) is 3.91. The van der Waals surface area contributed by atoms with Crippen LogP contribution in [0.3, 0.4) is 0 Å². The van der Waals surface area contributed by atoms with Crippen molar-refractivity contribution < 1.29 is 13.2 Å². The van der Waals surface area contributed by atoms with E-state index in [-0.39, 0.29) is 0 Å². The Morgan fingerprint density at radius 2 is 1.94 bits per heavy atom. The molecule has 0 spiro atoms. The highest BCUT2D eigenvalue weighted by Crippen LogP contribution is 2.30. The van der Waals surface area contributed by atoms with E-state index in [1.54, 1.807) is 13.0 Å². The van der Waals surface area contributed by atoms with Gasteiger partial charge in [-0.3, -0.25) is 0 Å². The first-order valence-corrected chi connectivity index (χ1v) is 5.64. The molecule has 94 valence electrons. The van der Waals surface area contributed by atoms with Crippen LogP contribution in [-0.2, 0) is 12.6 Å². The Morgan fingerprint density at radius 1 is 1.29 bits per heavy atom. The Balaban J connectivity index is 2.91. The summed E-state index contributed by atoms with van der Waals surface area (Å²) in [6.07, 6.45) is 0.535. The smallest absolute Gasteiger partial charge is 0.166 e. The normalized spacial score (nSPS) is 14.2. The molecular formula is C14H17F3. The van der Waals surface area contributed by atoms with Crippen molar-refractivity contribution in [1.82, 2.24) is 0 Å². The Morgan fingerprint density at radius 3 is 2.41 bits per heavy atom. The maximum absolute atomic E-state index is 12.5. The molecule has 0 aromatic heterocycles. The van der Waals surface area contributed by atoms with Crippen LogP contribution in [0.4, 0.5) is 13.2 Å². The van der Waals surface area contributed by atoms with E-state index < -0.39 is 11.7 Å². The molecule has 1 aromatic rings. The van der Waals surface area contributed by atoms with Crippen LogP contribution in [0.5, 0.6) is 0 Å². The van der Waals surface area contributed by atoms with Crippen molar-refractivity contribution in [3.05, 3.63) is 47.0 Å². The Hall–Kier alpha value is -1.25. The summed E-state index contributed by atoms with van der Waals surface area (Å²) in [5.41, 5.74) is 1.11. The van der Waals surface area contributed by atoms with E-state index in [0.717, 1.165) is 18.1 Å². The van der Waals surface area contributed by atoms with Crippen molar-refractivity contribution in [3.8, 4) is 0 Å². The Kier molecular flexibility index (Phi) is 4.38. The number of halogens is 3. The summed E-state index contributed by atoms with van der Waals surface area (Å²) >= 11 is 0. The maximum atomic E-state index is 12.5. The summed E-state index contributed by atoms with van der Waals surface area (Å²) in [6.45, 7) is 5.72. The SMILES string of the molecule is CC=CC(C)Cc1ccc(C(F)(F)F)cc1C. The first kappa shape index (κ1) is 13.8. The monoisotopic (exact) mass is 242 g/mol. The molecule has 0 aliphatic rings. The summed E-state index contributed by atoms with van der Waals surface area (Å²) < 4.78 is 37.4. The molecule has 0 aliphatic carbocycles. The minimum atomic E-state index is -4.25. The molecule has 3 heteroatoms. The molecule has 1 unspecified atom stereocenters. The van der Waals surface area contributed by atoms with Crippen molar-refractivity contribution in [1.29, 1.82) is 0 Å². The summed E-state index contributed by atoms with van der Waals surface area (Å²) in [6, 6.07) is 3.96. The van der Waals surface area contributed by atoms with Gasteiger partial charge in [-0.2, -0.15) is 13.2 Å². The molecule has 0 fully saturated rings. The van der Waals surface area contributed by atoms with E-state index >= 15 is 0 Å². The molecule has 0 saturated carbocycles. The van der Waals surface area contributed by atoms with Crippen molar-refractivity contribution in [2.24, 2.45) is 5.92 Å². The van der Waals surface area contributed by atoms with E-state index in [9.17, 15) is 13.2 Å². The second-order valence-corrected chi connectivity index (χ2v) is 4.35. The second kappa shape index (κ2) is 5.39. The van der Waals surface area contributed by atoms with Crippen molar-refractivity contribution in [2.45, 2.75) is 33.4 Å². The summed E-state index contributed by atoms with van der Waals surface area (Å²) in [7, 11) is 0. The van der Waals surface area contributed by atoms with Crippen LogP contribution < -0.4 is 0 Å². The highest BCUT2D eigenvalue weighted by Gasteiger charge is 2.30. The van der Waals surface area contributed by atoms with Crippen LogP contribution in [0.1, 0.15) is 30.5 Å². The van der Waals surface area contributed by atoms with E-state index in [1.807, 2.05) is 13.0 Å². The standard InChI is InChI=1S/C14H17F3/c1-4-5-10(2)8-12-6-7-13(9-11(12)3)14(15,16)17/h4-7,9-10H,8H2,1-3H3.